The van der Waals surface area contributed by atoms with Crippen LogP contribution in [0.25, 0.3) is 5.52 Å². The molecule has 2 aliphatic heterocycles. The Balaban J connectivity index is 1.38. The van der Waals surface area contributed by atoms with E-state index in [4.69, 9.17) is 9.72 Å². The Kier molecular flexibility index (Phi) is 5.87. The van der Waals surface area contributed by atoms with E-state index in [-0.39, 0.29) is 11.9 Å². The van der Waals surface area contributed by atoms with Crippen LogP contribution in [0.2, 0.25) is 0 Å². The second-order valence-corrected chi connectivity index (χ2v) is 9.01. The van der Waals surface area contributed by atoms with Gasteiger partial charge in [-0.3, -0.25) is 9.69 Å². The topological polar surface area (TPSA) is 50.1 Å². The summed E-state index contributed by atoms with van der Waals surface area (Å²) in [6, 6.07) is 14.2. The molecule has 2 saturated heterocycles. The average molecular weight is 433 g/mol. The van der Waals surface area contributed by atoms with E-state index >= 15 is 0 Å². The van der Waals surface area contributed by atoms with Gasteiger partial charge in [0, 0.05) is 38.4 Å². The maximum atomic E-state index is 13.6. The van der Waals surface area contributed by atoms with E-state index in [1.165, 1.54) is 18.4 Å². The maximum Gasteiger partial charge on any atom is 0.257 e. The molecule has 3 aromatic rings. The van der Waals surface area contributed by atoms with Crippen molar-refractivity contribution >= 4 is 11.4 Å². The molecule has 2 aliphatic rings. The Bertz CT molecular complexity index is 1110. The third-order valence-electron chi connectivity index (χ3n) is 6.96. The number of fused-ring (bicyclic) bond motifs is 2. The summed E-state index contributed by atoms with van der Waals surface area (Å²) >= 11 is 0. The number of rotatable bonds is 5. The predicted octanol–water partition coefficient (Wildman–Crippen LogP) is 4.17. The third-order valence-corrected chi connectivity index (χ3v) is 6.96. The first-order valence-corrected chi connectivity index (χ1v) is 11.8. The molecule has 0 radical (unpaired) electrons. The van der Waals surface area contributed by atoms with Crippen molar-refractivity contribution in [2.24, 2.45) is 5.92 Å². The summed E-state index contributed by atoms with van der Waals surface area (Å²) in [7, 11) is 0. The number of hydrogen-bond donors (Lipinski definition) is 0. The molecule has 32 heavy (non-hydrogen) atoms. The maximum absolute atomic E-state index is 13.6. The zero-order valence-electron chi connectivity index (χ0n) is 19.0. The van der Waals surface area contributed by atoms with Gasteiger partial charge in [0.05, 0.1) is 23.4 Å². The lowest BCUT2D eigenvalue weighted by atomic mass is 9.98. The molecule has 0 saturated carbocycles. The fraction of sp³-hybridized carbons (Fsp3) is 0.462. The Morgan fingerprint density at radius 2 is 1.97 bits per heavy atom. The lowest BCUT2D eigenvalue weighted by molar-refractivity contribution is 0.0659. The molecule has 0 bridgehead atoms. The number of para-hydroxylation sites is 1. The van der Waals surface area contributed by atoms with Crippen LogP contribution in [-0.4, -0.2) is 57.4 Å². The highest BCUT2D eigenvalue weighted by atomic mass is 16.5. The molecule has 0 N–H and O–H groups in total. The van der Waals surface area contributed by atoms with Gasteiger partial charge in [-0.05, 0) is 56.9 Å². The second kappa shape index (κ2) is 8.94. The molecule has 4 heterocycles. The average Bonchev–Trinajstić information content (AvgIpc) is 3.28. The smallest absolute Gasteiger partial charge is 0.257 e. The molecule has 1 aromatic carbocycles. The number of hydrogen-bond acceptors (Lipinski definition) is 4. The Labute approximate surface area is 189 Å². The molecular weight excluding hydrogens is 400 g/mol. The van der Waals surface area contributed by atoms with Crippen molar-refractivity contribution in [2.45, 2.75) is 45.7 Å². The fourth-order valence-electron chi connectivity index (χ4n) is 5.49. The van der Waals surface area contributed by atoms with E-state index < -0.39 is 0 Å². The number of pyridine rings is 1. The van der Waals surface area contributed by atoms with Crippen molar-refractivity contribution in [3.05, 3.63) is 65.7 Å². The molecule has 1 amide bonds. The molecule has 0 aliphatic carbocycles. The standard InChI is InChI=1S/C26H32N4O2/c1-3-32-25-13-5-4-11-21(25)26(31)30-15-8-6-10-20-16-28(18-24(20)30)17-22-23-12-7-9-14-29(23)19(2)27-22/h4-5,7,9,11-14,20,24H,3,6,8,10,15-18H2,1-2H3/t20-,24+/m0/s1. The van der Waals surface area contributed by atoms with E-state index in [1.54, 1.807) is 0 Å². The van der Waals surface area contributed by atoms with Gasteiger partial charge in [0.2, 0.25) is 0 Å². The van der Waals surface area contributed by atoms with E-state index in [1.807, 2.05) is 37.3 Å². The number of carbonyl (C=O) groups is 1. The Hall–Kier alpha value is -2.86. The number of imidazole rings is 1. The van der Waals surface area contributed by atoms with Crippen LogP contribution in [-0.2, 0) is 6.54 Å². The minimum absolute atomic E-state index is 0.107. The molecule has 2 fully saturated rings. The number of amides is 1. The number of likely N-dealkylation sites (tertiary alicyclic amines) is 2. The van der Waals surface area contributed by atoms with Crippen molar-refractivity contribution in [3.63, 3.8) is 0 Å². The lowest BCUT2D eigenvalue weighted by Crippen LogP contribution is -2.44. The van der Waals surface area contributed by atoms with E-state index in [0.717, 1.165) is 44.1 Å². The van der Waals surface area contributed by atoms with Crippen molar-refractivity contribution in [2.75, 3.05) is 26.2 Å². The number of aromatic nitrogens is 2. The van der Waals surface area contributed by atoms with E-state index in [2.05, 4.69) is 39.5 Å². The predicted molar refractivity (Wildman–Crippen MR) is 125 cm³/mol. The first kappa shape index (κ1) is 21.0. The zero-order valence-corrected chi connectivity index (χ0v) is 19.0. The van der Waals surface area contributed by atoms with Gasteiger partial charge in [-0.1, -0.05) is 24.6 Å². The minimum Gasteiger partial charge on any atom is -0.493 e. The van der Waals surface area contributed by atoms with Crippen LogP contribution in [0, 0.1) is 12.8 Å². The number of benzene rings is 1. The molecule has 6 nitrogen and oxygen atoms in total. The monoisotopic (exact) mass is 432 g/mol. The Morgan fingerprint density at radius 3 is 2.84 bits per heavy atom. The van der Waals surface area contributed by atoms with Crippen LogP contribution >= 0.6 is 0 Å². The van der Waals surface area contributed by atoms with Crippen LogP contribution in [0.15, 0.2) is 48.7 Å². The van der Waals surface area contributed by atoms with Gasteiger partial charge < -0.3 is 14.0 Å². The first-order valence-electron chi connectivity index (χ1n) is 11.8. The van der Waals surface area contributed by atoms with Gasteiger partial charge >= 0.3 is 0 Å². The summed E-state index contributed by atoms with van der Waals surface area (Å²) in [5.74, 6) is 2.33. The molecule has 0 spiro atoms. The van der Waals surface area contributed by atoms with Gasteiger partial charge in [0.15, 0.2) is 0 Å². The number of aryl methyl sites for hydroxylation is 1. The molecule has 6 heteroatoms. The van der Waals surface area contributed by atoms with Crippen molar-refractivity contribution in [1.82, 2.24) is 19.2 Å². The largest absolute Gasteiger partial charge is 0.493 e. The van der Waals surface area contributed by atoms with Crippen molar-refractivity contribution in [3.8, 4) is 5.75 Å². The normalized spacial score (nSPS) is 21.5. The van der Waals surface area contributed by atoms with Crippen LogP contribution in [0.5, 0.6) is 5.75 Å². The molecule has 2 atom stereocenters. The number of carbonyl (C=O) groups excluding carboxylic acids is 1. The first-order chi connectivity index (χ1) is 15.7. The fourth-order valence-corrected chi connectivity index (χ4v) is 5.49. The highest BCUT2D eigenvalue weighted by molar-refractivity contribution is 5.97. The van der Waals surface area contributed by atoms with Gasteiger partial charge in [-0.15, -0.1) is 0 Å². The highest BCUT2D eigenvalue weighted by Gasteiger charge is 2.40. The molecule has 0 unspecified atom stereocenters. The lowest BCUT2D eigenvalue weighted by Gasteiger charge is -2.31. The second-order valence-electron chi connectivity index (χ2n) is 9.01. The van der Waals surface area contributed by atoms with Gasteiger partial charge in [0.1, 0.15) is 11.6 Å². The highest BCUT2D eigenvalue weighted by Crippen LogP contribution is 2.33. The SMILES string of the molecule is CCOc1ccccc1C(=O)N1CCCC[C@H]2CN(Cc3nc(C)n4ccccc34)C[C@H]21. The van der Waals surface area contributed by atoms with Crippen LogP contribution in [0.3, 0.4) is 0 Å². The molecule has 5 rings (SSSR count). The van der Waals surface area contributed by atoms with E-state index in [9.17, 15) is 4.79 Å². The number of nitrogens with zero attached hydrogens (tertiary/aromatic N) is 4. The van der Waals surface area contributed by atoms with Crippen LogP contribution < -0.4 is 4.74 Å². The van der Waals surface area contributed by atoms with Gasteiger partial charge in [-0.25, -0.2) is 4.98 Å². The van der Waals surface area contributed by atoms with Crippen molar-refractivity contribution in [1.29, 1.82) is 0 Å². The molecular formula is C26H32N4O2. The minimum atomic E-state index is 0.107. The third kappa shape index (κ3) is 3.88. The summed E-state index contributed by atoms with van der Waals surface area (Å²) in [6.07, 6.45) is 5.51. The quantitative estimate of drug-likeness (QED) is 0.607. The van der Waals surface area contributed by atoms with Gasteiger partial charge in [0.25, 0.3) is 5.91 Å². The van der Waals surface area contributed by atoms with Crippen LogP contribution in [0.1, 0.15) is 48.1 Å². The van der Waals surface area contributed by atoms with Crippen molar-refractivity contribution < 1.29 is 9.53 Å². The van der Waals surface area contributed by atoms with Gasteiger partial charge in [-0.2, -0.15) is 0 Å². The molecule has 168 valence electrons. The summed E-state index contributed by atoms with van der Waals surface area (Å²) in [4.78, 5) is 23.1. The summed E-state index contributed by atoms with van der Waals surface area (Å²) < 4.78 is 7.92. The van der Waals surface area contributed by atoms with Crippen LogP contribution in [0.4, 0.5) is 0 Å². The van der Waals surface area contributed by atoms with E-state index in [0.29, 0.717) is 23.8 Å². The number of ether oxygens (including phenoxy) is 1. The summed E-state index contributed by atoms with van der Waals surface area (Å²) in [5, 5.41) is 0. The zero-order chi connectivity index (χ0) is 22.1. The summed E-state index contributed by atoms with van der Waals surface area (Å²) in [5.41, 5.74) is 2.99. The Morgan fingerprint density at radius 1 is 1.12 bits per heavy atom. The molecule has 2 aromatic heterocycles. The summed E-state index contributed by atoms with van der Waals surface area (Å²) in [6.45, 7) is 8.14.